The first-order valence-electron chi connectivity index (χ1n) is 5.07. The maximum absolute atomic E-state index is 5.75. The van der Waals surface area contributed by atoms with Crippen molar-refractivity contribution in [1.82, 2.24) is 14.9 Å². The van der Waals surface area contributed by atoms with E-state index in [1.807, 2.05) is 14.1 Å². The van der Waals surface area contributed by atoms with Crippen LogP contribution in [0.25, 0.3) is 0 Å². The molecule has 0 aliphatic carbocycles. The Morgan fingerprint density at radius 2 is 2.00 bits per heavy atom. The maximum Gasteiger partial charge on any atom is 0.244 e. The number of methoxy groups -OCH3 is 1. The smallest absolute Gasteiger partial charge is 0.244 e. The zero-order valence-electron chi connectivity index (χ0n) is 9.93. The summed E-state index contributed by atoms with van der Waals surface area (Å²) in [6, 6.07) is 0. The van der Waals surface area contributed by atoms with Crippen molar-refractivity contribution < 1.29 is 9.47 Å². The zero-order valence-corrected chi connectivity index (χ0v) is 9.93. The minimum absolute atomic E-state index is 0.342. The van der Waals surface area contributed by atoms with Gasteiger partial charge in [0.05, 0.1) is 13.7 Å². The summed E-state index contributed by atoms with van der Waals surface area (Å²) in [5.74, 6) is 0.725. The largest absolute Gasteiger partial charge is 0.479 e. The number of nitrogens with zero attached hydrogens (tertiary/aromatic N) is 3. The van der Waals surface area contributed by atoms with Crippen LogP contribution in [0.4, 0.5) is 5.69 Å². The molecule has 90 valence electrons. The van der Waals surface area contributed by atoms with E-state index in [0.717, 1.165) is 13.0 Å². The van der Waals surface area contributed by atoms with Gasteiger partial charge in [-0.1, -0.05) is 0 Å². The van der Waals surface area contributed by atoms with Crippen molar-refractivity contribution in [3.63, 3.8) is 0 Å². The van der Waals surface area contributed by atoms with Crippen molar-refractivity contribution in [2.45, 2.75) is 6.42 Å². The first kappa shape index (κ1) is 12.5. The van der Waals surface area contributed by atoms with E-state index < -0.39 is 0 Å². The van der Waals surface area contributed by atoms with E-state index in [9.17, 15) is 0 Å². The lowest BCUT2D eigenvalue weighted by atomic mass is 10.4. The Hall–Kier alpha value is -1.56. The molecule has 0 amide bonds. The lowest BCUT2D eigenvalue weighted by Gasteiger charge is -2.11. The topological polar surface area (TPSA) is 73.5 Å². The summed E-state index contributed by atoms with van der Waals surface area (Å²) in [7, 11) is 5.54. The summed E-state index contributed by atoms with van der Waals surface area (Å²) in [4.78, 5) is 9.91. The van der Waals surface area contributed by atoms with Gasteiger partial charge in [0, 0.05) is 6.54 Å². The fourth-order valence-electron chi connectivity index (χ4n) is 1.19. The van der Waals surface area contributed by atoms with Crippen LogP contribution < -0.4 is 15.2 Å². The molecule has 16 heavy (non-hydrogen) atoms. The fraction of sp³-hybridized carbons (Fsp3) is 0.600. The lowest BCUT2D eigenvalue weighted by molar-refractivity contribution is 0.272. The normalized spacial score (nSPS) is 10.5. The van der Waals surface area contributed by atoms with Crippen LogP contribution in [0.2, 0.25) is 0 Å². The predicted octanol–water partition coefficient (Wildman–Crippen LogP) is 0.398. The van der Waals surface area contributed by atoms with Crippen LogP contribution in [0, 0.1) is 0 Å². The van der Waals surface area contributed by atoms with Crippen molar-refractivity contribution in [2.24, 2.45) is 0 Å². The van der Waals surface area contributed by atoms with Crippen molar-refractivity contribution in [3.8, 4) is 11.8 Å². The van der Waals surface area contributed by atoms with Crippen molar-refractivity contribution in [1.29, 1.82) is 0 Å². The summed E-state index contributed by atoms with van der Waals surface area (Å²) in [6.07, 6.45) is 2.29. The standard InChI is InChI=1S/C10H18N4O2/c1-14(2)5-4-6-16-10-8(11)9(15-3)12-7-13-10/h7H,4-6,11H2,1-3H3. The Balaban J connectivity index is 2.47. The monoisotopic (exact) mass is 226 g/mol. The van der Waals surface area contributed by atoms with Crippen LogP contribution in [0.15, 0.2) is 6.33 Å². The summed E-state index contributed by atoms with van der Waals surface area (Å²) < 4.78 is 10.4. The van der Waals surface area contributed by atoms with Crippen molar-refractivity contribution in [3.05, 3.63) is 6.33 Å². The van der Waals surface area contributed by atoms with Gasteiger partial charge in [-0.05, 0) is 20.5 Å². The highest BCUT2D eigenvalue weighted by Gasteiger charge is 2.08. The van der Waals surface area contributed by atoms with E-state index in [1.54, 1.807) is 0 Å². The third kappa shape index (κ3) is 3.54. The Labute approximate surface area is 95.4 Å². The Kier molecular flexibility index (Phi) is 4.78. The molecule has 0 saturated carbocycles. The van der Waals surface area contributed by atoms with Crippen LogP contribution in [0.3, 0.4) is 0 Å². The molecule has 0 atom stereocenters. The maximum atomic E-state index is 5.75. The number of anilines is 1. The molecule has 6 heteroatoms. The molecule has 0 radical (unpaired) electrons. The third-order valence-electron chi connectivity index (χ3n) is 1.99. The molecule has 0 aromatic carbocycles. The number of nitrogen functional groups attached to an aromatic ring is 1. The average molecular weight is 226 g/mol. The van der Waals surface area contributed by atoms with Gasteiger partial charge in [0.1, 0.15) is 6.33 Å². The quantitative estimate of drug-likeness (QED) is 0.708. The molecule has 0 bridgehead atoms. The van der Waals surface area contributed by atoms with Crippen LogP contribution in [-0.2, 0) is 0 Å². The van der Waals surface area contributed by atoms with E-state index in [4.69, 9.17) is 15.2 Å². The zero-order chi connectivity index (χ0) is 12.0. The molecule has 2 N–H and O–H groups in total. The predicted molar refractivity (Wildman–Crippen MR) is 61.7 cm³/mol. The van der Waals surface area contributed by atoms with Gasteiger partial charge in [-0.3, -0.25) is 0 Å². The summed E-state index contributed by atoms with van der Waals surface area (Å²) in [5, 5.41) is 0. The van der Waals surface area contributed by atoms with E-state index >= 15 is 0 Å². The second-order valence-electron chi connectivity index (χ2n) is 3.61. The van der Waals surface area contributed by atoms with Crippen LogP contribution in [0.5, 0.6) is 11.8 Å². The molecule has 1 aromatic rings. The second kappa shape index (κ2) is 6.12. The minimum Gasteiger partial charge on any atom is -0.479 e. The molecule has 0 aliphatic heterocycles. The lowest BCUT2D eigenvalue weighted by Crippen LogP contribution is -2.16. The number of hydrogen-bond donors (Lipinski definition) is 1. The molecule has 1 rings (SSSR count). The Bertz CT molecular complexity index is 331. The average Bonchev–Trinajstić information content (AvgIpc) is 2.26. The van der Waals surface area contributed by atoms with Gasteiger partial charge in [-0.15, -0.1) is 0 Å². The SMILES string of the molecule is COc1ncnc(OCCCN(C)C)c1N. The summed E-state index contributed by atoms with van der Waals surface area (Å²) in [6.45, 7) is 1.53. The van der Waals surface area contributed by atoms with E-state index in [0.29, 0.717) is 24.1 Å². The minimum atomic E-state index is 0.342. The molecule has 1 heterocycles. The highest BCUT2D eigenvalue weighted by molar-refractivity contribution is 5.55. The number of ether oxygens (including phenoxy) is 2. The van der Waals surface area contributed by atoms with Crippen LogP contribution in [0.1, 0.15) is 6.42 Å². The number of rotatable bonds is 6. The molecule has 0 aliphatic rings. The third-order valence-corrected chi connectivity index (χ3v) is 1.99. The van der Waals surface area contributed by atoms with Gasteiger partial charge in [0.15, 0.2) is 5.69 Å². The van der Waals surface area contributed by atoms with Gasteiger partial charge < -0.3 is 20.1 Å². The first-order chi connectivity index (χ1) is 7.65. The van der Waals surface area contributed by atoms with Crippen LogP contribution in [-0.4, -0.2) is 49.2 Å². The van der Waals surface area contributed by atoms with E-state index in [-0.39, 0.29) is 0 Å². The molecule has 0 unspecified atom stereocenters. The van der Waals surface area contributed by atoms with Crippen molar-refractivity contribution >= 4 is 5.69 Å². The highest BCUT2D eigenvalue weighted by Crippen LogP contribution is 2.25. The molecule has 1 aromatic heterocycles. The van der Waals surface area contributed by atoms with Gasteiger partial charge in [-0.25, -0.2) is 0 Å². The molecule has 0 fully saturated rings. The molecule has 6 nitrogen and oxygen atoms in total. The van der Waals surface area contributed by atoms with E-state index in [2.05, 4.69) is 14.9 Å². The van der Waals surface area contributed by atoms with Gasteiger partial charge in [0.2, 0.25) is 11.8 Å². The van der Waals surface area contributed by atoms with Crippen molar-refractivity contribution in [2.75, 3.05) is 40.1 Å². The molecular weight excluding hydrogens is 208 g/mol. The van der Waals surface area contributed by atoms with Gasteiger partial charge in [-0.2, -0.15) is 9.97 Å². The summed E-state index contributed by atoms with van der Waals surface area (Å²) >= 11 is 0. The number of hydrogen-bond acceptors (Lipinski definition) is 6. The highest BCUT2D eigenvalue weighted by atomic mass is 16.5. The van der Waals surface area contributed by atoms with Gasteiger partial charge >= 0.3 is 0 Å². The molecular formula is C10H18N4O2. The second-order valence-corrected chi connectivity index (χ2v) is 3.61. The van der Waals surface area contributed by atoms with Crippen LogP contribution >= 0.6 is 0 Å². The fourth-order valence-corrected chi connectivity index (χ4v) is 1.19. The molecule has 0 saturated heterocycles. The number of nitrogens with two attached hydrogens (primary N) is 1. The summed E-state index contributed by atoms with van der Waals surface area (Å²) in [5.41, 5.74) is 6.09. The van der Waals surface area contributed by atoms with E-state index in [1.165, 1.54) is 13.4 Å². The van der Waals surface area contributed by atoms with Gasteiger partial charge in [0.25, 0.3) is 0 Å². The molecule has 0 spiro atoms. The first-order valence-corrected chi connectivity index (χ1v) is 5.07. The Morgan fingerprint density at radius 1 is 1.31 bits per heavy atom. The Morgan fingerprint density at radius 3 is 2.62 bits per heavy atom. The number of aromatic nitrogens is 2.